The van der Waals surface area contributed by atoms with Crippen LogP contribution in [-0.4, -0.2) is 18.6 Å². The predicted octanol–water partition coefficient (Wildman–Crippen LogP) is 2.84. The summed E-state index contributed by atoms with van der Waals surface area (Å²) < 4.78 is 5.60. The molecule has 0 saturated carbocycles. The molecule has 0 amide bonds. The maximum Gasteiger partial charge on any atom is 0.122 e. The van der Waals surface area contributed by atoms with E-state index in [9.17, 15) is 0 Å². The molecule has 1 aliphatic carbocycles. The zero-order valence-electron chi connectivity index (χ0n) is 10.2. The molecule has 16 heavy (non-hydrogen) atoms. The standard InChI is InChI=1S/C12H20N2OS/c1-4-15-8(2)12-14-10-7-5-6-9(13-3)11(10)16-12/h8-9,13H,4-7H2,1-3H3. The fourth-order valence-electron chi connectivity index (χ4n) is 2.21. The van der Waals surface area contributed by atoms with Gasteiger partial charge >= 0.3 is 0 Å². The normalized spacial score (nSPS) is 21.8. The molecule has 4 heteroatoms. The van der Waals surface area contributed by atoms with Crippen molar-refractivity contribution in [2.45, 2.75) is 45.3 Å². The molecule has 0 spiro atoms. The molecule has 0 aliphatic heterocycles. The Hall–Kier alpha value is -0.450. The highest BCUT2D eigenvalue weighted by Crippen LogP contribution is 2.36. The first-order valence-corrected chi connectivity index (χ1v) is 6.86. The molecular weight excluding hydrogens is 220 g/mol. The third kappa shape index (κ3) is 2.29. The number of thiazole rings is 1. The van der Waals surface area contributed by atoms with E-state index in [1.807, 2.05) is 25.3 Å². The monoisotopic (exact) mass is 240 g/mol. The fourth-order valence-corrected chi connectivity index (χ4v) is 3.47. The van der Waals surface area contributed by atoms with Crippen LogP contribution in [0.3, 0.4) is 0 Å². The van der Waals surface area contributed by atoms with Gasteiger partial charge in [-0.05, 0) is 40.2 Å². The fraction of sp³-hybridized carbons (Fsp3) is 0.750. The number of ether oxygens (including phenoxy) is 1. The average molecular weight is 240 g/mol. The highest BCUT2D eigenvalue weighted by atomic mass is 32.1. The van der Waals surface area contributed by atoms with Crippen molar-refractivity contribution in [3.05, 3.63) is 15.6 Å². The second kappa shape index (κ2) is 5.25. The van der Waals surface area contributed by atoms with Crippen LogP contribution in [-0.2, 0) is 11.2 Å². The molecule has 0 fully saturated rings. The number of nitrogens with one attached hydrogen (secondary N) is 1. The topological polar surface area (TPSA) is 34.1 Å². The van der Waals surface area contributed by atoms with Crippen molar-refractivity contribution in [2.24, 2.45) is 0 Å². The van der Waals surface area contributed by atoms with Crippen LogP contribution in [0.4, 0.5) is 0 Å². The van der Waals surface area contributed by atoms with Gasteiger partial charge < -0.3 is 10.1 Å². The first-order chi connectivity index (χ1) is 7.76. The molecule has 2 rings (SSSR count). The zero-order chi connectivity index (χ0) is 11.5. The molecule has 1 N–H and O–H groups in total. The quantitative estimate of drug-likeness (QED) is 0.878. The number of nitrogens with zero attached hydrogens (tertiary/aromatic N) is 1. The summed E-state index contributed by atoms with van der Waals surface area (Å²) in [6.45, 7) is 4.86. The molecule has 90 valence electrons. The van der Waals surface area contributed by atoms with Gasteiger partial charge in [0.25, 0.3) is 0 Å². The third-order valence-corrected chi connectivity index (χ3v) is 4.45. The summed E-state index contributed by atoms with van der Waals surface area (Å²) in [4.78, 5) is 6.15. The van der Waals surface area contributed by atoms with Crippen molar-refractivity contribution in [2.75, 3.05) is 13.7 Å². The van der Waals surface area contributed by atoms with Crippen LogP contribution in [0.15, 0.2) is 0 Å². The molecule has 1 aromatic rings. The smallest absolute Gasteiger partial charge is 0.122 e. The predicted molar refractivity (Wildman–Crippen MR) is 66.9 cm³/mol. The minimum atomic E-state index is 0.137. The molecule has 1 aliphatic rings. The van der Waals surface area contributed by atoms with Gasteiger partial charge in [0.15, 0.2) is 0 Å². The molecule has 1 aromatic heterocycles. The van der Waals surface area contributed by atoms with Gasteiger partial charge in [-0.25, -0.2) is 4.98 Å². The zero-order valence-corrected chi connectivity index (χ0v) is 11.1. The van der Waals surface area contributed by atoms with Crippen LogP contribution in [0.5, 0.6) is 0 Å². The van der Waals surface area contributed by atoms with E-state index in [2.05, 4.69) is 12.2 Å². The second-order valence-electron chi connectivity index (χ2n) is 4.19. The van der Waals surface area contributed by atoms with Gasteiger partial charge in [-0.3, -0.25) is 0 Å². The number of aryl methyl sites for hydroxylation is 1. The van der Waals surface area contributed by atoms with Crippen molar-refractivity contribution in [3.8, 4) is 0 Å². The van der Waals surface area contributed by atoms with E-state index in [0.717, 1.165) is 18.0 Å². The Kier molecular flexibility index (Phi) is 3.95. The highest BCUT2D eigenvalue weighted by Gasteiger charge is 2.24. The highest BCUT2D eigenvalue weighted by molar-refractivity contribution is 7.11. The number of rotatable bonds is 4. The van der Waals surface area contributed by atoms with Gasteiger partial charge in [0.05, 0.1) is 5.69 Å². The number of fused-ring (bicyclic) bond motifs is 1. The summed E-state index contributed by atoms with van der Waals surface area (Å²) in [7, 11) is 2.03. The van der Waals surface area contributed by atoms with E-state index in [-0.39, 0.29) is 6.10 Å². The van der Waals surface area contributed by atoms with Crippen LogP contribution in [0, 0.1) is 0 Å². The summed E-state index contributed by atoms with van der Waals surface area (Å²) in [6, 6.07) is 0.504. The Morgan fingerprint density at radius 3 is 3.12 bits per heavy atom. The number of aromatic nitrogens is 1. The Morgan fingerprint density at radius 1 is 1.62 bits per heavy atom. The SMILES string of the molecule is CCOC(C)c1nc2c(s1)C(NC)CCC2. The molecule has 2 unspecified atom stereocenters. The van der Waals surface area contributed by atoms with Crippen LogP contribution in [0.2, 0.25) is 0 Å². The van der Waals surface area contributed by atoms with Gasteiger partial charge in [-0.1, -0.05) is 0 Å². The summed E-state index contributed by atoms with van der Waals surface area (Å²) in [5.41, 5.74) is 1.29. The average Bonchev–Trinajstić information content (AvgIpc) is 2.72. The number of hydrogen-bond acceptors (Lipinski definition) is 4. The van der Waals surface area contributed by atoms with E-state index in [1.54, 1.807) is 0 Å². The summed E-state index contributed by atoms with van der Waals surface area (Å²) in [6.07, 6.45) is 3.74. The Morgan fingerprint density at radius 2 is 2.44 bits per heavy atom. The second-order valence-corrected chi connectivity index (χ2v) is 5.26. The molecular formula is C12H20N2OS. The lowest BCUT2D eigenvalue weighted by Gasteiger charge is -2.20. The third-order valence-electron chi connectivity index (χ3n) is 3.08. The van der Waals surface area contributed by atoms with E-state index < -0.39 is 0 Å². The molecule has 2 atom stereocenters. The summed E-state index contributed by atoms with van der Waals surface area (Å²) >= 11 is 1.82. The lowest BCUT2D eigenvalue weighted by atomic mass is 9.98. The molecule has 0 bridgehead atoms. The van der Waals surface area contributed by atoms with Crippen molar-refractivity contribution in [1.29, 1.82) is 0 Å². The van der Waals surface area contributed by atoms with Gasteiger partial charge in [0, 0.05) is 17.5 Å². The lowest BCUT2D eigenvalue weighted by molar-refractivity contribution is 0.0761. The van der Waals surface area contributed by atoms with E-state index in [1.165, 1.54) is 23.4 Å². The van der Waals surface area contributed by atoms with Crippen LogP contribution in [0.25, 0.3) is 0 Å². The minimum absolute atomic E-state index is 0.137. The van der Waals surface area contributed by atoms with Crippen molar-refractivity contribution in [3.63, 3.8) is 0 Å². The van der Waals surface area contributed by atoms with E-state index in [0.29, 0.717) is 6.04 Å². The van der Waals surface area contributed by atoms with E-state index in [4.69, 9.17) is 9.72 Å². The molecule has 1 heterocycles. The Labute approximate surface area is 101 Å². The largest absolute Gasteiger partial charge is 0.372 e. The Bertz CT molecular complexity index is 351. The molecule has 0 saturated heterocycles. The van der Waals surface area contributed by atoms with Crippen molar-refractivity contribution in [1.82, 2.24) is 10.3 Å². The first-order valence-electron chi connectivity index (χ1n) is 6.04. The van der Waals surface area contributed by atoms with Crippen LogP contribution in [0.1, 0.15) is 54.4 Å². The molecule has 0 aromatic carbocycles. The first kappa shape index (κ1) is 12.0. The van der Waals surface area contributed by atoms with Gasteiger partial charge in [-0.2, -0.15) is 0 Å². The van der Waals surface area contributed by atoms with E-state index >= 15 is 0 Å². The number of hydrogen-bond donors (Lipinski definition) is 1. The molecule has 0 radical (unpaired) electrons. The van der Waals surface area contributed by atoms with Crippen LogP contribution >= 0.6 is 11.3 Å². The minimum Gasteiger partial charge on any atom is -0.372 e. The van der Waals surface area contributed by atoms with Gasteiger partial charge in [-0.15, -0.1) is 11.3 Å². The van der Waals surface area contributed by atoms with Crippen molar-refractivity contribution < 1.29 is 4.74 Å². The van der Waals surface area contributed by atoms with Crippen LogP contribution < -0.4 is 5.32 Å². The maximum absolute atomic E-state index is 5.60. The van der Waals surface area contributed by atoms with Gasteiger partial charge in [0.2, 0.25) is 0 Å². The maximum atomic E-state index is 5.60. The summed E-state index contributed by atoms with van der Waals surface area (Å²) in [5, 5.41) is 4.51. The molecule has 3 nitrogen and oxygen atoms in total. The van der Waals surface area contributed by atoms with Crippen molar-refractivity contribution >= 4 is 11.3 Å². The van der Waals surface area contributed by atoms with Gasteiger partial charge in [0.1, 0.15) is 11.1 Å². The summed E-state index contributed by atoms with van der Waals surface area (Å²) in [5.74, 6) is 0. The Balaban J connectivity index is 2.21. The lowest BCUT2D eigenvalue weighted by Crippen LogP contribution is -2.19.